The lowest BCUT2D eigenvalue weighted by Gasteiger charge is -2.14. The molecule has 1 aliphatic rings. The number of nitrogens with zero attached hydrogens (tertiary/aromatic N) is 1. The zero-order chi connectivity index (χ0) is 20.2. The smallest absolute Gasteiger partial charge is 0.254 e. The number of anilines is 1. The second-order valence-corrected chi connectivity index (χ2v) is 6.90. The lowest BCUT2D eigenvalue weighted by Crippen LogP contribution is -2.42. The number of hydrogen-bond donors (Lipinski definition) is 4. The van der Waals surface area contributed by atoms with Crippen LogP contribution in [0.25, 0.3) is 11.0 Å². The number of imidazole rings is 1. The van der Waals surface area contributed by atoms with Crippen LogP contribution in [0.3, 0.4) is 0 Å². The predicted molar refractivity (Wildman–Crippen MR) is 108 cm³/mol. The van der Waals surface area contributed by atoms with E-state index in [2.05, 4.69) is 25.9 Å². The average molecular weight is 391 g/mol. The van der Waals surface area contributed by atoms with Crippen LogP contribution in [0, 0.1) is 0 Å². The van der Waals surface area contributed by atoms with Crippen LogP contribution in [0.15, 0.2) is 48.5 Å². The summed E-state index contributed by atoms with van der Waals surface area (Å²) in [6, 6.07) is 13.8. The van der Waals surface area contributed by atoms with Gasteiger partial charge in [-0.05, 0) is 30.7 Å². The van der Waals surface area contributed by atoms with E-state index in [1.807, 2.05) is 24.3 Å². The van der Waals surface area contributed by atoms with Crippen LogP contribution in [0.2, 0.25) is 0 Å². The summed E-state index contributed by atoms with van der Waals surface area (Å²) in [6.45, 7) is 0.438. The minimum Gasteiger partial charge on any atom is -0.356 e. The van der Waals surface area contributed by atoms with Crippen molar-refractivity contribution in [1.29, 1.82) is 0 Å². The number of hydrogen-bond acceptors (Lipinski definition) is 4. The van der Waals surface area contributed by atoms with Crippen molar-refractivity contribution in [1.82, 2.24) is 20.6 Å². The first-order valence-corrected chi connectivity index (χ1v) is 9.51. The maximum atomic E-state index is 12.3. The number of para-hydroxylation sites is 3. The molecule has 0 saturated carbocycles. The van der Waals surface area contributed by atoms with Gasteiger partial charge >= 0.3 is 0 Å². The number of rotatable bonds is 6. The van der Waals surface area contributed by atoms with Crippen molar-refractivity contribution in [2.45, 2.75) is 25.3 Å². The van der Waals surface area contributed by atoms with Gasteiger partial charge in [0, 0.05) is 19.4 Å². The molecule has 0 spiro atoms. The summed E-state index contributed by atoms with van der Waals surface area (Å²) in [5.41, 5.74) is 2.75. The first-order valence-electron chi connectivity index (χ1n) is 9.51. The highest BCUT2D eigenvalue weighted by molar-refractivity contribution is 6.09. The van der Waals surface area contributed by atoms with Gasteiger partial charge in [-0.15, -0.1) is 0 Å². The van der Waals surface area contributed by atoms with Gasteiger partial charge in [0.05, 0.1) is 22.3 Å². The zero-order valence-corrected chi connectivity index (χ0v) is 15.7. The van der Waals surface area contributed by atoms with Crippen LogP contribution in [-0.2, 0) is 16.0 Å². The largest absolute Gasteiger partial charge is 0.356 e. The second kappa shape index (κ2) is 8.14. The van der Waals surface area contributed by atoms with E-state index in [1.54, 1.807) is 24.3 Å². The van der Waals surface area contributed by atoms with Gasteiger partial charge in [0.1, 0.15) is 11.9 Å². The molecule has 4 rings (SSSR count). The van der Waals surface area contributed by atoms with Crippen LogP contribution in [-0.4, -0.2) is 40.3 Å². The standard InChI is InChI=1S/C21H21N5O3/c27-19(22-12-11-18-23-15-7-3-4-8-16(15)24-18)10-9-17-21(29)25-14-6-2-1-5-13(14)20(28)26-17/h1-8,17H,9-12H2,(H,22,27)(H,23,24)(H,25,29)(H,26,28). The third kappa shape index (κ3) is 4.26. The minimum absolute atomic E-state index is 0.134. The van der Waals surface area contributed by atoms with Crippen molar-refractivity contribution in [2.24, 2.45) is 0 Å². The number of aromatic amines is 1. The molecule has 0 saturated heterocycles. The normalized spacial score (nSPS) is 15.9. The Morgan fingerprint density at radius 2 is 1.86 bits per heavy atom. The summed E-state index contributed by atoms with van der Waals surface area (Å²) in [6.07, 6.45) is 0.938. The molecule has 148 valence electrons. The Balaban J connectivity index is 1.26. The Hall–Kier alpha value is -3.68. The van der Waals surface area contributed by atoms with E-state index in [9.17, 15) is 14.4 Å². The third-order valence-electron chi connectivity index (χ3n) is 4.83. The summed E-state index contributed by atoms with van der Waals surface area (Å²) < 4.78 is 0. The van der Waals surface area contributed by atoms with Crippen LogP contribution < -0.4 is 16.0 Å². The summed E-state index contributed by atoms with van der Waals surface area (Å²) in [4.78, 5) is 44.5. The van der Waals surface area contributed by atoms with E-state index >= 15 is 0 Å². The number of benzene rings is 2. The molecule has 0 fully saturated rings. The highest BCUT2D eigenvalue weighted by atomic mass is 16.2. The summed E-state index contributed by atoms with van der Waals surface area (Å²) in [5.74, 6) is -0.0165. The lowest BCUT2D eigenvalue weighted by molar-refractivity contribution is -0.121. The SMILES string of the molecule is O=C(CCC1NC(=O)c2ccccc2NC1=O)NCCc1nc2ccccc2[nH]1. The Kier molecular flexibility index (Phi) is 5.24. The molecule has 0 bridgehead atoms. The number of nitrogens with one attached hydrogen (secondary N) is 4. The van der Waals surface area contributed by atoms with Gasteiger partial charge in [-0.3, -0.25) is 14.4 Å². The van der Waals surface area contributed by atoms with Gasteiger partial charge in [0.25, 0.3) is 5.91 Å². The molecule has 1 aliphatic heterocycles. The van der Waals surface area contributed by atoms with Crippen LogP contribution in [0.5, 0.6) is 0 Å². The molecular weight excluding hydrogens is 370 g/mol. The van der Waals surface area contributed by atoms with Crippen LogP contribution in [0.4, 0.5) is 5.69 Å². The molecule has 1 aromatic heterocycles. The Morgan fingerprint density at radius 3 is 2.72 bits per heavy atom. The van der Waals surface area contributed by atoms with Crippen molar-refractivity contribution in [3.05, 3.63) is 59.9 Å². The molecule has 1 unspecified atom stereocenters. The molecule has 8 nitrogen and oxygen atoms in total. The molecule has 0 aliphatic carbocycles. The molecule has 1 atom stereocenters. The topological polar surface area (TPSA) is 116 Å². The molecule has 29 heavy (non-hydrogen) atoms. The van der Waals surface area contributed by atoms with Crippen molar-refractivity contribution in [3.63, 3.8) is 0 Å². The third-order valence-corrected chi connectivity index (χ3v) is 4.83. The number of carbonyl (C=O) groups excluding carboxylic acids is 3. The number of carbonyl (C=O) groups is 3. The number of H-pyrrole nitrogens is 1. The molecule has 0 radical (unpaired) electrons. The molecule has 2 aromatic carbocycles. The summed E-state index contributed by atoms with van der Waals surface area (Å²) in [7, 11) is 0. The molecule has 3 amide bonds. The van der Waals surface area contributed by atoms with E-state index in [0.29, 0.717) is 24.2 Å². The van der Waals surface area contributed by atoms with Gasteiger partial charge in [-0.25, -0.2) is 4.98 Å². The number of amides is 3. The first-order chi connectivity index (χ1) is 14.1. The molecule has 2 heterocycles. The molecule has 4 N–H and O–H groups in total. The Morgan fingerprint density at radius 1 is 1.07 bits per heavy atom. The van der Waals surface area contributed by atoms with Gasteiger partial charge in [-0.1, -0.05) is 24.3 Å². The Bertz CT molecular complexity index is 1040. The van der Waals surface area contributed by atoms with Crippen molar-refractivity contribution in [3.8, 4) is 0 Å². The van der Waals surface area contributed by atoms with E-state index in [0.717, 1.165) is 16.9 Å². The first kappa shape index (κ1) is 18.7. The van der Waals surface area contributed by atoms with Crippen molar-refractivity contribution in [2.75, 3.05) is 11.9 Å². The molecular formula is C21H21N5O3. The number of fused-ring (bicyclic) bond motifs is 2. The maximum absolute atomic E-state index is 12.3. The highest BCUT2D eigenvalue weighted by Crippen LogP contribution is 2.19. The summed E-state index contributed by atoms with van der Waals surface area (Å²) >= 11 is 0. The van der Waals surface area contributed by atoms with E-state index in [4.69, 9.17) is 0 Å². The molecule has 3 aromatic rings. The van der Waals surface area contributed by atoms with Gasteiger partial charge < -0.3 is 20.9 Å². The Labute approximate surface area is 167 Å². The number of aromatic nitrogens is 2. The van der Waals surface area contributed by atoms with Gasteiger partial charge in [-0.2, -0.15) is 0 Å². The van der Waals surface area contributed by atoms with E-state index in [1.165, 1.54) is 0 Å². The fourth-order valence-corrected chi connectivity index (χ4v) is 3.32. The van der Waals surface area contributed by atoms with Crippen molar-refractivity contribution >= 4 is 34.4 Å². The fraction of sp³-hybridized carbons (Fsp3) is 0.238. The summed E-state index contributed by atoms with van der Waals surface area (Å²) in [5, 5.41) is 8.26. The van der Waals surface area contributed by atoms with Gasteiger partial charge in [0.15, 0.2) is 0 Å². The van der Waals surface area contributed by atoms with E-state index in [-0.39, 0.29) is 30.6 Å². The zero-order valence-electron chi connectivity index (χ0n) is 15.7. The quantitative estimate of drug-likeness (QED) is 0.512. The maximum Gasteiger partial charge on any atom is 0.254 e. The van der Waals surface area contributed by atoms with Crippen LogP contribution in [0.1, 0.15) is 29.0 Å². The highest BCUT2D eigenvalue weighted by Gasteiger charge is 2.27. The van der Waals surface area contributed by atoms with Crippen LogP contribution >= 0.6 is 0 Å². The minimum atomic E-state index is -0.754. The fourth-order valence-electron chi connectivity index (χ4n) is 3.32. The lowest BCUT2D eigenvalue weighted by atomic mass is 10.1. The monoisotopic (exact) mass is 391 g/mol. The average Bonchev–Trinajstić information content (AvgIpc) is 3.08. The van der Waals surface area contributed by atoms with E-state index < -0.39 is 6.04 Å². The van der Waals surface area contributed by atoms with Crippen molar-refractivity contribution < 1.29 is 14.4 Å². The van der Waals surface area contributed by atoms with Gasteiger partial charge in [0.2, 0.25) is 11.8 Å². The molecule has 8 heteroatoms. The predicted octanol–water partition coefficient (Wildman–Crippen LogP) is 1.75. The second-order valence-electron chi connectivity index (χ2n) is 6.90.